The summed E-state index contributed by atoms with van der Waals surface area (Å²) < 4.78 is 20.0. The molecule has 4 aromatic rings. The van der Waals surface area contributed by atoms with Gasteiger partial charge >= 0.3 is 34.1 Å². The van der Waals surface area contributed by atoms with E-state index in [-0.39, 0.29) is 57.1 Å². The van der Waals surface area contributed by atoms with Crippen molar-refractivity contribution in [3.8, 4) is 58.5 Å². The number of nitriles is 2. The second-order valence-electron chi connectivity index (χ2n) is 12.0. The van der Waals surface area contributed by atoms with E-state index in [9.17, 15) is 20.4 Å². The van der Waals surface area contributed by atoms with Crippen molar-refractivity contribution in [3.63, 3.8) is 0 Å². The monoisotopic (exact) mass is 962 g/mol. The van der Waals surface area contributed by atoms with Crippen LogP contribution in [0.5, 0.6) is 46.0 Å². The van der Waals surface area contributed by atoms with Gasteiger partial charge in [0, 0.05) is 63.5 Å². The number of nitrogens with zero attached hydrogens (tertiary/aromatic N) is 6. The zero-order valence-corrected chi connectivity index (χ0v) is 38.0. The van der Waals surface area contributed by atoms with Gasteiger partial charge in [-0.05, 0) is 72.5 Å². The number of nitrogens with one attached hydrogen (secondary N) is 2. The molecule has 0 aliphatic carbocycles. The Morgan fingerprint density at radius 2 is 0.688 bits per heavy atom. The molecule has 4 aromatic carbocycles. The minimum atomic E-state index is -0.156. The molecule has 0 heterocycles. The fraction of sp³-hybridized carbons (Fsp3) is 0.318. The molecule has 0 aliphatic heterocycles. The molecule has 0 amide bonds. The van der Waals surface area contributed by atoms with Crippen molar-refractivity contribution in [2.75, 3.05) is 80.8 Å². The third-order valence-corrected chi connectivity index (χ3v) is 7.96. The van der Waals surface area contributed by atoms with Crippen molar-refractivity contribution in [1.29, 1.82) is 10.5 Å². The van der Waals surface area contributed by atoms with Crippen LogP contribution in [0.1, 0.15) is 35.1 Å². The molecule has 64 heavy (non-hydrogen) atoms. The maximum atomic E-state index is 12.0. The van der Waals surface area contributed by atoms with Crippen LogP contribution >= 0.6 is 0 Å². The fourth-order valence-corrected chi connectivity index (χ4v) is 4.96. The summed E-state index contributed by atoms with van der Waals surface area (Å²) in [5.41, 5.74) is 2.09. The van der Waals surface area contributed by atoms with E-state index in [1.807, 2.05) is 0 Å². The average Bonchev–Trinajstić information content (AvgIpc) is 3.27. The summed E-state index contributed by atoms with van der Waals surface area (Å²) in [6.45, 7) is 5.39. The first-order chi connectivity index (χ1) is 30.2. The second-order valence-corrected chi connectivity index (χ2v) is 12.0. The molecule has 18 nitrogen and oxygen atoms in total. The average molecular weight is 963 g/mol. The van der Waals surface area contributed by atoms with Crippen LogP contribution in [0.4, 0.5) is 0 Å². The zero-order valence-electron chi connectivity index (χ0n) is 35.8. The molecule has 0 saturated carbocycles. The Hall–Kier alpha value is -6.50. The van der Waals surface area contributed by atoms with Crippen LogP contribution in [0.2, 0.25) is 0 Å². The van der Waals surface area contributed by atoms with Gasteiger partial charge in [0.2, 0.25) is 0 Å². The van der Waals surface area contributed by atoms with Crippen molar-refractivity contribution < 1.29 is 83.7 Å². The summed E-state index contributed by atoms with van der Waals surface area (Å²) in [6.07, 6.45) is 9.02. The molecule has 0 spiro atoms. The van der Waals surface area contributed by atoms with E-state index < -0.39 is 0 Å². The van der Waals surface area contributed by atoms with Gasteiger partial charge in [-0.25, -0.2) is 10.5 Å². The molecular weight excluding hydrogens is 912 g/mol. The van der Waals surface area contributed by atoms with Crippen LogP contribution in [0, 0.1) is 23.0 Å². The Bertz CT molecular complexity index is 1810. The van der Waals surface area contributed by atoms with Gasteiger partial charge < -0.3 is 60.2 Å². The van der Waals surface area contributed by atoms with Crippen molar-refractivity contribution in [2.45, 2.75) is 12.8 Å². The molecule has 0 fully saturated rings. The molecule has 0 bridgehead atoms. The number of ether oxygens (including phenoxy) is 4. The maximum absolute atomic E-state index is 12.0. The van der Waals surface area contributed by atoms with Gasteiger partial charge in [0.25, 0.3) is 0 Å². The van der Waals surface area contributed by atoms with Gasteiger partial charge in [-0.2, -0.15) is 0 Å². The van der Waals surface area contributed by atoms with Crippen molar-refractivity contribution in [2.24, 2.45) is 20.0 Å². The van der Waals surface area contributed by atoms with Crippen LogP contribution < -0.4 is 60.2 Å². The van der Waals surface area contributed by atoms with E-state index in [1.54, 1.807) is 97.7 Å². The van der Waals surface area contributed by atoms with E-state index in [1.165, 1.54) is 28.4 Å². The van der Waals surface area contributed by atoms with E-state index in [4.69, 9.17) is 39.7 Å². The van der Waals surface area contributed by atoms with Crippen LogP contribution in [-0.4, -0.2) is 106 Å². The number of para-hydroxylation sites is 4. The Labute approximate surface area is 395 Å². The van der Waals surface area contributed by atoms with E-state index in [0.29, 0.717) is 97.0 Å². The third kappa shape index (κ3) is 23.6. The van der Waals surface area contributed by atoms with E-state index >= 15 is 0 Å². The molecule has 0 aliphatic rings. The molecule has 2 N–H and O–H groups in total. The predicted octanol–water partition coefficient (Wildman–Crippen LogP) is 0.388. The first kappa shape index (κ1) is 59.6. The molecular formula is C44H50Fe2N8O10+2. The molecule has 20 heteroatoms. The Kier molecular flexibility index (Phi) is 35.6. The number of rotatable bonds is 22. The van der Waals surface area contributed by atoms with Crippen LogP contribution in [0.25, 0.3) is 0 Å². The summed E-state index contributed by atoms with van der Waals surface area (Å²) in [5, 5.41) is 84.4. The molecule has 0 saturated heterocycles. The molecule has 0 radical (unpaired) electrons. The van der Waals surface area contributed by atoms with Crippen molar-refractivity contribution >= 4 is 24.9 Å². The number of hydrogen-bond donors (Lipinski definition) is 2. The first-order valence-electron chi connectivity index (χ1n) is 19.0. The molecule has 0 unspecified atom stereocenters. The number of aliphatic imine (C=N–C) groups is 4. The summed E-state index contributed by atoms with van der Waals surface area (Å²) in [7, 11) is 5.90. The molecule has 0 atom stereocenters. The zero-order chi connectivity index (χ0) is 45.8. The Balaban J connectivity index is 0. The van der Waals surface area contributed by atoms with Gasteiger partial charge in [-0.1, -0.05) is 71.5 Å². The Morgan fingerprint density at radius 3 is 0.922 bits per heavy atom. The van der Waals surface area contributed by atoms with E-state index in [0.717, 1.165) is 25.9 Å². The van der Waals surface area contributed by atoms with Gasteiger partial charge in [0.1, 0.15) is 23.0 Å². The van der Waals surface area contributed by atoms with Crippen molar-refractivity contribution in [3.05, 3.63) is 95.1 Å². The maximum Gasteiger partial charge on any atom is 4.00 e. The van der Waals surface area contributed by atoms with Gasteiger partial charge in [-0.3, -0.25) is 20.0 Å². The normalized spacial score (nSPS) is 10.2. The predicted molar refractivity (Wildman–Crippen MR) is 226 cm³/mol. The summed E-state index contributed by atoms with van der Waals surface area (Å²) >= 11 is 0. The van der Waals surface area contributed by atoms with Crippen LogP contribution in [0.15, 0.2) is 92.8 Å². The standard InChI is InChI=1S/2C21H27N3O4.2CHNO.2Fe/c2*1-27-18-8-3-6-16(20(18)25)14-23-11-5-10-22-12-13-24-15-17-7-4-9-19(28-2)21(17)26;2*2-1-3;;/h2*3-4,6-9,14-15,22,25-26H,5,10-13H2,1-2H3;2*3H;;/q;;;;2*+4/p-6. The third-order valence-electron chi connectivity index (χ3n) is 7.96. The largest absolute Gasteiger partial charge is 4.00 e. The van der Waals surface area contributed by atoms with Gasteiger partial charge in [0.05, 0.1) is 41.5 Å². The number of benzene rings is 4. The fourth-order valence-electron chi connectivity index (χ4n) is 4.96. The van der Waals surface area contributed by atoms with Gasteiger partial charge in [-0.15, -0.1) is 0 Å². The van der Waals surface area contributed by atoms with E-state index in [2.05, 4.69) is 30.6 Å². The van der Waals surface area contributed by atoms with Crippen LogP contribution in [-0.2, 0) is 34.1 Å². The van der Waals surface area contributed by atoms with Crippen LogP contribution in [0.3, 0.4) is 0 Å². The number of methoxy groups -OCH3 is 4. The topological polar surface area (TPSA) is 296 Å². The second kappa shape index (κ2) is 38.2. The number of hydrogen-bond acceptors (Lipinski definition) is 18. The molecule has 4 rings (SSSR count). The SMILES string of the molecule is COc1cccc(C=NCCCNCCN=Cc2cccc(OC)c2[O-])c1[O-].COc1cccc(C=NCCCNCCN=Cc2cccc(OC)c2[O-])c1[O-].N#C[O-].N#C[O-].[Fe+4].[Fe+4]. The summed E-state index contributed by atoms with van der Waals surface area (Å²) in [5.74, 6) is 0.674. The minimum absolute atomic E-state index is 0. The summed E-state index contributed by atoms with van der Waals surface area (Å²) in [4.78, 5) is 17.1. The molecule has 0 aromatic heterocycles. The Morgan fingerprint density at radius 1 is 0.453 bits per heavy atom. The van der Waals surface area contributed by atoms with Gasteiger partial charge in [0.15, 0.2) is 0 Å². The molecule has 340 valence electrons. The first-order valence-corrected chi connectivity index (χ1v) is 19.0. The van der Waals surface area contributed by atoms with Crippen molar-refractivity contribution in [1.82, 2.24) is 10.6 Å². The quantitative estimate of drug-likeness (QED) is 0.0466. The minimum Gasteiger partial charge on any atom is -0.870 e. The smallest absolute Gasteiger partial charge is 0.870 e. The summed E-state index contributed by atoms with van der Waals surface area (Å²) in [6, 6.07) is 20.5.